The minimum absolute atomic E-state index is 0.0926. The minimum Gasteiger partial charge on any atom is -0.390 e. The van der Waals surface area contributed by atoms with Gasteiger partial charge in [-0.2, -0.15) is 0 Å². The summed E-state index contributed by atoms with van der Waals surface area (Å²) in [5.41, 5.74) is 0. The lowest BCUT2D eigenvalue weighted by atomic mass is 10.1. The molecule has 0 spiro atoms. The number of alkyl halides is 2. The summed E-state index contributed by atoms with van der Waals surface area (Å²) in [7, 11) is -4.04. The number of fused-ring (bicyclic) bond motifs is 1. The van der Waals surface area contributed by atoms with Crippen LogP contribution in [0.15, 0.2) is 47.4 Å². The van der Waals surface area contributed by atoms with Crippen LogP contribution in [0.2, 0.25) is 0 Å². The molecule has 0 radical (unpaired) electrons. The Balaban J connectivity index is 2.27. The van der Waals surface area contributed by atoms with Crippen LogP contribution in [0, 0.1) is 0 Å². The lowest BCUT2D eigenvalue weighted by Crippen LogP contribution is -2.38. The number of rotatable bonds is 5. The number of nitrogens with one attached hydrogen (secondary N) is 1. The van der Waals surface area contributed by atoms with Gasteiger partial charge in [0.2, 0.25) is 10.0 Å². The van der Waals surface area contributed by atoms with Crippen molar-refractivity contribution < 1.29 is 22.3 Å². The van der Waals surface area contributed by atoms with E-state index in [2.05, 4.69) is 0 Å². The zero-order chi connectivity index (χ0) is 14.8. The van der Waals surface area contributed by atoms with Crippen molar-refractivity contribution in [1.29, 1.82) is 0 Å². The van der Waals surface area contributed by atoms with E-state index in [1.165, 1.54) is 12.1 Å². The highest BCUT2D eigenvalue weighted by Crippen LogP contribution is 2.19. The Morgan fingerprint density at radius 3 is 2.40 bits per heavy atom. The molecule has 0 aliphatic heterocycles. The van der Waals surface area contributed by atoms with Crippen LogP contribution in [0.3, 0.4) is 0 Å². The second-order valence-electron chi connectivity index (χ2n) is 4.35. The van der Waals surface area contributed by atoms with Gasteiger partial charge in [0.25, 0.3) is 5.92 Å². The molecule has 0 atom stereocenters. The predicted molar refractivity (Wildman–Crippen MR) is 71.2 cm³/mol. The number of hydrogen-bond acceptors (Lipinski definition) is 3. The third-order valence-electron chi connectivity index (χ3n) is 2.78. The van der Waals surface area contributed by atoms with Gasteiger partial charge in [-0.05, 0) is 22.9 Å². The van der Waals surface area contributed by atoms with Gasteiger partial charge in [-0.15, -0.1) is 0 Å². The van der Waals surface area contributed by atoms with Gasteiger partial charge < -0.3 is 5.11 Å². The van der Waals surface area contributed by atoms with Crippen LogP contribution in [0.1, 0.15) is 0 Å². The molecule has 0 aromatic heterocycles. The summed E-state index contributed by atoms with van der Waals surface area (Å²) in [5, 5.41) is 9.97. The van der Waals surface area contributed by atoms with Crippen molar-refractivity contribution in [1.82, 2.24) is 4.72 Å². The van der Waals surface area contributed by atoms with Crippen LogP contribution in [0.5, 0.6) is 0 Å². The molecule has 0 unspecified atom stereocenters. The molecule has 0 saturated carbocycles. The maximum atomic E-state index is 12.9. The van der Waals surface area contributed by atoms with Gasteiger partial charge in [-0.25, -0.2) is 21.9 Å². The highest BCUT2D eigenvalue weighted by Gasteiger charge is 2.30. The first kappa shape index (κ1) is 14.8. The van der Waals surface area contributed by atoms with Crippen LogP contribution < -0.4 is 4.72 Å². The zero-order valence-corrected chi connectivity index (χ0v) is 11.2. The summed E-state index contributed by atoms with van der Waals surface area (Å²) >= 11 is 0. The van der Waals surface area contributed by atoms with Crippen LogP contribution in [0.25, 0.3) is 10.8 Å². The Hall–Kier alpha value is -1.57. The highest BCUT2D eigenvalue weighted by atomic mass is 32.2. The molecule has 0 saturated heterocycles. The van der Waals surface area contributed by atoms with Crippen molar-refractivity contribution in [2.45, 2.75) is 10.8 Å². The second kappa shape index (κ2) is 5.43. The van der Waals surface area contributed by atoms with E-state index in [0.717, 1.165) is 5.39 Å². The van der Waals surface area contributed by atoms with Crippen molar-refractivity contribution in [2.24, 2.45) is 0 Å². The molecule has 2 aromatic rings. The van der Waals surface area contributed by atoms with E-state index >= 15 is 0 Å². The Labute approximate surface area is 115 Å². The largest absolute Gasteiger partial charge is 0.390 e. The maximum absolute atomic E-state index is 12.9. The summed E-state index contributed by atoms with van der Waals surface area (Å²) in [5.74, 6) is -3.48. The molecule has 0 aliphatic rings. The predicted octanol–water partition coefficient (Wildman–Crippen LogP) is 1.75. The Morgan fingerprint density at radius 1 is 1.10 bits per heavy atom. The number of aliphatic hydroxyl groups is 1. The van der Waals surface area contributed by atoms with Gasteiger partial charge in [-0.1, -0.05) is 30.3 Å². The smallest absolute Gasteiger partial charge is 0.283 e. The quantitative estimate of drug-likeness (QED) is 0.884. The van der Waals surface area contributed by atoms with Gasteiger partial charge in [0.1, 0.15) is 6.61 Å². The van der Waals surface area contributed by atoms with E-state index in [-0.39, 0.29) is 4.90 Å². The number of halogens is 2. The Bertz CT molecular complexity index is 716. The molecule has 2 aromatic carbocycles. The van der Waals surface area contributed by atoms with Crippen molar-refractivity contribution >= 4 is 20.8 Å². The van der Waals surface area contributed by atoms with Crippen LogP contribution in [0.4, 0.5) is 8.78 Å². The fourth-order valence-corrected chi connectivity index (χ4v) is 2.77. The first-order valence-corrected chi connectivity index (χ1v) is 7.29. The summed E-state index contributed by atoms with van der Waals surface area (Å²) in [4.78, 5) is -0.0926. The monoisotopic (exact) mass is 301 g/mol. The van der Waals surface area contributed by atoms with Gasteiger partial charge >= 0.3 is 0 Å². The molecule has 0 bridgehead atoms. The van der Waals surface area contributed by atoms with Gasteiger partial charge in [0, 0.05) is 0 Å². The zero-order valence-electron chi connectivity index (χ0n) is 10.4. The normalized spacial score (nSPS) is 12.8. The van der Waals surface area contributed by atoms with Crippen molar-refractivity contribution in [3.05, 3.63) is 42.5 Å². The van der Waals surface area contributed by atoms with E-state index in [1.54, 1.807) is 22.9 Å². The molecule has 2 N–H and O–H groups in total. The first-order chi connectivity index (χ1) is 9.34. The molecule has 0 amide bonds. The second-order valence-corrected chi connectivity index (χ2v) is 6.11. The number of benzene rings is 2. The average molecular weight is 301 g/mol. The standard InChI is InChI=1S/C13H13F2NO3S/c14-13(15,9-17)8-16-20(18,19)12-6-5-10-3-1-2-4-11(10)7-12/h1-7,16-17H,8-9H2. The van der Waals surface area contributed by atoms with Gasteiger partial charge in [0.15, 0.2) is 0 Å². The third-order valence-corrected chi connectivity index (χ3v) is 4.18. The first-order valence-electron chi connectivity index (χ1n) is 5.81. The topological polar surface area (TPSA) is 66.4 Å². The fraction of sp³-hybridized carbons (Fsp3) is 0.231. The fourth-order valence-electron chi connectivity index (χ4n) is 1.67. The SMILES string of the molecule is O=S(=O)(NCC(F)(F)CO)c1ccc2ccccc2c1. The molecular formula is C13H13F2NO3S. The molecular weight excluding hydrogens is 288 g/mol. The lowest BCUT2D eigenvalue weighted by molar-refractivity contribution is -0.0437. The summed E-state index contributed by atoms with van der Waals surface area (Å²) in [6.07, 6.45) is 0. The molecule has 0 fully saturated rings. The van der Waals surface area contributed by atoms with Gasteiger partial charge in [-0.3, -0.25) is 0 Å². The summed E-state index contributed by atoms with van der Waals surface area (Å²) in [6.45, 7) is -2.55. The summed E-state index contributed by atoms with van der Waals surface area (Å²) in [6, 6.07) is 11.5. The number of aliphatic hydroxyl groups excluding tert-OH is 1. The minimum atomic E-state index is -4.04. The summed E-state index contributed by atoms with van der Waals surface area (Å²) < 4.78 is 51.4. The lowest BCUT2D eigenvalue weighted by Gasteiger charge is -2.14. The van der Waals surface area contributed by atoms with E-state index in [9.17, 15) is 17.2 Å². The molecule has 0 heterocycles. The number of sulfonamides is 1. The molecule has 7 heteroatoms. The van der Waals surface area contributed by atoms with E-state index < -0.39 is 29.1 Å². The van der Waals surface area contributed by atoms with Crippen LogP contribution in [-0.2, 0) is 10.0 Å². The van der Waals surface area contributed by atoms with E-state index in [1.807, 2.05) is 12.1 Å². The maximum Gasteiger partial charge on any atom is 0.283 e. The molecule has 108 valence electrons. The van der Waals surface area contributed by atoms with Crippen molar-refractivity contribution in [3.8, 4) is 0 Å². The van der Waals surface area contributed by atoms with Crippen LogP contribution in [-0.4, -0.2) is 32.6 Å². The number of hydrogen-bond donors (Lipinski definition) is 2. The van der Waals surface area contributed by atoms with Crippen LogP contribution >= 0.6 is 0 Å². The molecule has 2 rings (SSSR count). The average Bonchev–Trinajstić information content (AvgIpc) is 2.45. The van der Waals surface area contributed by atoms with E-state index in [4.69, 9.17) is 5.11 Å². The van der Waals surface area contributed by atoms with E-state index in [0.29, 0.717) is 5.39 Å². The Morgan fingerprint density at radius 2 is 1.75 bits per heavy atom. The van der Waals surface area contributed by atoms with Crippen molar-refractivity contribution in [3.63, 3.8) is 0 Å². The third kappa shape index (κ3) is 3.30. The van der Waals surface area contributed by atoms with Crippen molar-refractivity contribution in [2.75, 3.05) is 13.2 Å². The Kier molecular flexibility index (Phi) is 4.03. The molecule has 4 nitrogen and oxygen atoms in total. The van der Waals surface area contributed by atoms with Gasteiger partial charge in [0.05, 0.1) is 11.4 Å². The molecule has 0 aliphatic carbocycles. The molecule has 20 heavy (non-hydrogen) atoms. The highest BCUT2D eigenvalue weighted by molar-refractivity contribution is 7.89.